The Morgan fingerprint density at radius 1 is 0.367 bits per heavy atom. The van der Waals surface area contributed by atoms with E-state index in [0.717, 1.165) is 0 Å². The van der Waals surface area contributed by atoms with Crippen molar-refractivity contribution in [2.45, 2.75) is 0 Å². The van der Waals surface area contributed by atoms with E-state index < -0.39 is 228 Å². The molecule has 1 aromatic heterocycles. The Bertz CT molecular complexity index is 4190. The molecule has 49 heavy (non-hydrogen) atoms. The molecule has 10 rings (SSSR count). The fourth-order valence-corrected chi connectivity index (χ4v) is 6.23. The highest BCUT2D eigenvalue weighted by Crippen LogP contribution is 2.51. The summed E-state index contributed by atoms with van der Waals surface area (Å²) in [5.41, 5.74) is -4.18. The van der Waals surface area contributed by atoms with Gasteiger partial charge in [-0.15, -0.1) is 0 Å². The number of furan rings is 1. The van der Waals surface area contributed by atoms with Crippen molar-refractivity contribution in [3.63, 3.8) is 0 Å². The van der Waals surface area contributed by atoms with Crippen LogP contribution in [-0.4, -0.2) is 0 Å². The first-order chi connectivity index (χ1) is 34.7. The van der Waals surface area contributed by atoms with E-state index >= 15 is 0 Å². The summed E-state index contributed by atoms with van der Waals surface area (Å²) in [6.45, 7) is 0. The third-order valence-corrected chi connectivity index (χ3v) is 8.25. The van der Waals surface area contributed by atoms with Crippen molar-refractivity contribution in [2.24, 2.45) is 0 Å². The van der Waals surface area contributed by atoms with Crippen molar-refractivity contribution in [1.82, 2.24) is 0 Å². The maximum atomic E-state index is 9.94. The highest BCUT2D eigenvalue weighted by atomic mass is 16.3. The Labute approximate surface area is 319 Å². The molecule has 0 radical (unpaired) electrons. The van der Waals surface area contributed by atoms with Crippen molar-refractivity contribution < 1.29 is 38.7 Å². The molecule has 9 aromatic carbocycles. The maximum absolute atomic E-state index is 9.94. The average molecular weight is 648 g/mol. The summed E-state index contributed by atoms with van der Waals surface area (Å²) in [4.78, 5) is 0. The second-order valence-corrected chi connectivity index (χ2v) is 10.9. The Morgan fingerprint density at radius 3 is 1.63 bits per heavy atom. The average Bonchev–Trinajstić information content (AvgIpc) is 3.78. The van der Waals surface area contributed by atoms with Gasteiger partial charge in [0.1, 0.15) is 11.3 Å². The third kappa shape index (κ3) is 4.33. The number of benzene rings is 9. The lowest BCUT2D eigenvalue weighted by atomic mass is 9.84. The quantitative estimate of drug-likeness (QED) is 0.137. The summed E-state index contributed by atoms with van der Waals surface area (Å²) in [6.07, 6.45) is 0. The van der Waals surface area contributed by atoms with Gasteiger partial charge in [0.05, 0.1) is 34.3 Å². The van der Waals surface area contributed by atoms with Crippen LogP contribution in [0.1, 0.15) is 34.3 Å². The molecule has 0 fully saturated rings. The standard InChI is InChI=1S/C48H30O/c1-3-15-31(16-4-1)33-27-28-42-44(30-33)49-48(43-29-34-19-7-8-20-35(34)36-21-9-10-22-37(36)43)47(42)46-40-25-13-11-23-38(40)45(32-17-5-2-6-18-32)39-24-12-14-26-41(39)46/h1-30H/i1D,3D,4D,7D,8D,9D,10D,11D,12D,13D,14D,15D,16D,19D,20D,21D,22D,23D,24D,25D,26D,27D,28D,29D,30D. The number of fused-ring (bicyclic) bond motifs is 6. The Morgan fingerprint density at radius 2 is 0.939 bits per heavy atom. The van der Waals surface area contributed by atoms with E-state index in [4.69, 9.17) is 25.0 Å². The largest absolute Gasteiger partial charge is 0.455 e. The predicted molar refractivity (Wildman–Crippen MR) is 208 cm³/mol. The smallest absolute Gasteiger partial charge is 0.143 e. The molecule has 0 unspecified atom stereocenters. The van der Waals surface area contributed by atoms with Crippen LogP contribution in [0.15, 0.2) is 186 Å². The van der Waals surface area contributed by atoms with Gasteiger partial charge in [-0.2, -0.15) is 0 Å². The van der Waals surface area contributed by atoms with Crippen LogP contribution in [0.5, 0.6) is 0 Å². The highest BCUT2D eigenvalue weighted by molar-refractivity contribution is 6.26. The minimum Gasteiger partial charge on any atom is -0.455 e. The van der Waals surface area contributed by atoms with Crippen molar-refractivity contribution in [3.05, 3.63) is 181 Å². The summed E-state index contributed by atoms with van der Waals surface area (Å²) in [5, 5.41) is -4.79. The van der Waals surface area contributed by atoms with Crippen LogP contribution in [0.4, 0.5) is 0 Å². The summed E-state index contributed by atoms with van der Waals surface area (Å²) in [5.74, 6) is -0.830. The molecule has 228 valence electrons. The van der Waals surface area contributed by atoms with E-state index in [1.807, 2.05) is 0 Å². The SMILES string of the molecule is [2H]c1c([2H])c([2H])c(-c2c([2H])c([2H])c3c(-c4c5c([2H])c([2H])c([2H])c([2H])c5c(-c5ccccc5)c5c([2H])c([2H])c([2H])c([2H])c45)c(-c4c([2H])c5c([2H])c([2H])c([2H])c([2H])c5c5c([2H])c([2H])c([2H])c([2H])c45)oc3c2[2H])c([2H])c1[2H]. The van der Waals surface area contributed by atoms with Gasteiger partial charge in [0.2, 0.25) is 0 Å². The summed E-state index contributed by atoms with van der Waals surface area (Å²) in [7, 11) is 0. The zero-order valence-corrected chi connectivity index (χ0v) is 24.8. The minimum absolute atomic E-state index is 0.118. The molecule has 0 saturated carbocycles. The van der Waals surface area contributed by atoms with E-state index in [1.54, 1.807) is 18.2 Å². The first-order valence-electron chi connectivity index (χ1n) is 27.3. The van der Waals surface area contributed by atoms with E-state index in [0.29, 0.717) is 0 Å². The number of hydrogen-bond donors (Lipinski definition) is 0. The van der Waals surface area contributed by atoms with E-state index in [2.05, 4.69) is 0 Å². The molecule has 0 bridgehead atoms. The highest BCUT2D eigenvalue weighted by Gasteiger charge is 2.25. The molecule has 0 N–H and O–H groups in total. The topological polar surface area (TPSA) is 13.1 Å². The monoisotopic (exact) mass is 647 g/mol. The Balaban J connectivity index is 1.62. The fraction of sp³-hybridized carbons (Fsp3) is 0. The van der Waals surface area contributed by atoms with Crippen molar-refractivity contribution in [2.75, 3.05) is 0 Å². The summed E-state index contributed by atoms with van der Waals surface area (Å²) >= 11 is 0. The molecular formula is C48H30O. The van der Waals surface area contributed by atoms with Gasteiger partial charge in [-0.3, -0.25) is 0 Å². The second-order valence-electron chi connectivity index (χ2n) is 10.9. The molecule has 10 aromatic rings. The van der Waals surface area contributed by atoms with Gasteiger partial charge >= 0.3 is 0 Å². The van der Waals surface area contributed by atoms with E-state index in [1.165, 1.54) is 12.1 Å². The number of rotatable bonds is 4. The van der Waals surface area contributed by atoms with Gasteiger partial charge < -0.3 is 4.42 Å². The van der Waals surface area contributed by atoms with Crippen molar-refractivity contribution >= 4 is 54.1 Å². The van der Waals surface area contributed by atoms with Crippen LogP contribution < -0.4 is 0 Å². The van der Waals surface area contributed by atoms with Crippen LogP contribution in [0.25, 0.3) is 98.8 Å². The molecular weight excluding hydrogens is 593 g/mol. The maximum Gasteiger partial charge on any atom is 0.143 e. The van der Waals surface area contributed by atoms with Gasteiger partial charge in [-0.1, -0.05) is 163 Å². The van der Waals surface area contributed by atoms with Crippen LogP contribution in [-0.2, 0) is 0 Å². The first-order valence-corrected chi connectivity index (χ1v) is 14.8. The van der Waals surface area contributed by atoms with Gasteiger partial charge in [0, 0.05) is 22.1 Å². The molecule has 1 heterocycles. The van der Waals surface area contributed by atoms with Gasteiger partial charge in [0.25, 0.3) is 0 Å². The Kier molecular flexibility index (Phi) is 2.84. The first kappa shape index (κ1) is 12.5. The summed E-state index contributed by atoms with van der Waals surface area (Å²) < 4.78 is 234. The Hall–Kier alpha value is -6.44. The minimum atomic E-state index is -0.988. The zero-order valence-electron chi connectivity index (χ0n) is 49.8. The molecule has 0 saturated heterocycles. The summed E-state index contributed by atoms with van der Waals surface area (Å²) in [6, 6.07) is -13.9. The molecule has 0 aliphatic heterocycles. The molecule has 0 amide bonds. The third-order valence-electron chi connectivity index (χ3n) is 8.25. The molecule has 0 spiro atoms. The lowest BCUT2D eigenvalue weighted by molar-refractivity contribution is 0.633. The van der Waals surface area contributed by atoms with Crippen molar-refractivity contribution in [1.29, 1.82) is 0 Å². The van der Waals surface area contributed by atoms with Crippen LogP contribution in [0.3, 0.4) is 0 Å². The lowest BCUT2D eigenvalue weighted by Crippen LogP contribution is -1.92. The van der Waals surface area contributed by atoms with Gasteiger partial charge in [-0.25, -0.2) is 0 Å². The van der Waals surface area contributed by atoms with Crippen LogP contribution in [0.2, 0.25) is 0 Å². The van der Waals surface area contributed by atoms with Gasteiger partial charge in [-0.05, 0) is 83.5 Å². The van der Waals surface area contributed by atoms with E-state index in [-0.39, 0.29) is 21.9 Å². The van der Waals surface area contributed by atoms with E-state index in [9.17, 15) is 13.7 Å². The fourth-order valence-electron chi connectivity index (χ4n) is 6.23. The lowest BCUT2D eigenvalue weighted by Gasteiger charge is -2.18. The molecule has 0 aliphatic carbocycles. The molecule has 1 nitrogen and oxygen atoms in total. The van der Waals surface area contributed by atoms with Gasteiger partial charge in [0.15, 0.2) is 0 Å². The molecule has 0 atom stereocenters. The molecule has 1 heteroatoms. The number of hydrogen-bond acceptors (Lipinski definition) is 1. The zero-order chi connectivity index (χ0) is 54.1. The van der Waals surface area contributed by atoms with Crippen LogP contribution >= 0.6 is 0 Å². The predicted octanol–water partition coefficient (Wildman–Crippen LogP) is 13.7. The normalized spacial score (nSPS) is 18.8. The van der Waals surface area contributed by atoms with Crippen molar-refractivity contribution in [3.8, 4) is 44.7 Å². The molecule has 0 aliphatic rings. The van der Waals surface area contributed by atoms with Crippen LogP contribution in [0, 0.1) is 0 Å². The second kappa shape index (κ2) is 11.1.